The standard InChI is InChI=1S/C9H6FN/c10-9-5-1-3-8(7-9)4-2-6-11/h1-5,7H. The van der Waals surface area contributed by atoms with Crippen LogP contribution in [0.3, 0.4) is 0 Å². The minimum atomic E-state index is -0.287. The average molecular weight is 147 g/mol. The predicted molar refractivity (Wildman–Crippen MR) is 41.0 cm³/mol. The first-order valence-corrected chi connectivity index (χ1v) is 3.14. The molecule has 54 valence electrons. The Morgan fingerprint density at radius 2 is 2.27 bits per heavy atom. The summed E-state index contributed by atoms with van der Waals surface area (Å²) in [5, 5.41) is 8.17. The van der Waals surface area contributed by atoms with Crippen molar-refractivity contribution in [1.82, 2.24) is 0 Å². The third-order valence-electron chi connectivity index (χ3n) is 1.20. The van der Waals surface area contributed by atoms with E-state index < -0.39 is 0 Å². The van der Waals surface area contributed by atoms with E-state index in [0.717, 1.165) is 0 Å². The summed E-state index contributed by atoms with van der Waals surface area (Å²) in [6.07, 6.45) is 2.87. The smallest absolute Gasteiger partial charge is 0.123 e. The summed E-state index contributed by atoms with van der Waals surface area (Å²) in [5.74, 6) is -0.287. The van der Waals surface area contributed by atoms with Crippen molar-refractivity contribution < 1.29 is 4.39 Å². The molecule has 0 unspecified atom stereocenters. The summed E-state index contributed by atoms with van der Waals surface area (Å²) < 4.78 is 12.5. The monoisotopic (exact) mass is 147 g/mol. The largest absolute Gasteiger partial charge is 0.207 e. The number of nitrogens with zero attached hydrogens (tertiary/aromatic N) is 1. The van der Waals surface area contributed by atoms with Gasteiger partial charge in [0.25, 0.3) is 0 Å². The summed E-state index contributed by atoms with van der Waals surface area (Å²) in [6, 6.07) is 7.90. The molecule has 0 radical (unpaired) electrons. The molecule has 0 bridgehead atoms. The summed E-state index contributed by atoms with van der Waals surface area (Å²) in [7, 11) is 0. The van der Waals surface area contributed by atoms with Crippen molar-refractivity contribution in [3.05, 3.63) is 41.7 Å². The van der Waals surface area contributed by atoms with Gasteiger partial charge in [0.1, 0.15) is 5.82 Å². The van der Waals surface area contributed by atoms with Crippen molar-refractivity contribution in [2.24, 2.45) is 0 Å². The number of hydrogen-bond donors (Lipinski definition) is 0. The molecule has 0 heterocycles. The maximum Gasteiger partial charge on any atom is 0.123 e. The van der Waals surface area contributed by atoms with Crippen molar-refractivity contribution in [3.8, 4) is 6.07 Å². The maximum atomic E-state index is 12.5. The zero-order chi connectivity index (χ0) is 8.10. The molecule has 1 rings (SSSR count). The van der Waals surface area contributed by atoms with Crippen LogP contribution in [-0.4, -0.2) is 0 Å². The Hall–Kier alpha value is -1.62. The van der Waals surface area contributed by atoms with Gasteiger partial charge in [-0.05, 0) is 23.8 Å². The lowest BCUT2D eigenvalue weighted by atomic mass is 10.2. The van der Waals surface area contributed by atoms with Gasteiger partial charge in [-0.2, -0.15) is 5.26 Å². The van der Waals surface area contributed by atoms with Gasteiger partial charge in [-0.3, -0.25) is 0 Å². The van der Waals surface area contributed by atoms with E-state index in [2.05, 4.69) is 0 Å². The highest BCUT2D eigenvalue weighted by Gasteiger charge is 1.88. The van der Waals surface area contributed by atoms with Gasteiger partial charge in [0.15, 0.2) is 0 Å². The molecule has 1 nitrogen and oxygen atoms in total. The lowest BCUT2D eigenvalue weighted by Crippen LogP contribution is -1.74. The number of benzene rings is 1. The van der Waals surface area contributed by atoms with Crippen molar-refractivity contribution in [2.75, 3.05) is 0 Å². The fraction of sp³-hybridized carbons (Fsp3) is 0. The molecule has 0 spiro atoms. The van der Waals surface area contributed by atoms with E-state index in [1.54, 1.807) is 18.2 Å². The van der Waals surface area contributed by atoms with E-state index in [-0.39, 0.29) is 5.82 Å². The molecule has 0 aliphatic carbocycles. The van der Waals surface area contributed by atoms with Gasteiger partial charge in [-0.25, -0.2) is 4.39 Å². The molecule has 2 heteroatoms. The minimum absolute atomic E-state index is 0.287. The molecule has 1 aromatic rings. The number of halogens is 1. The second-order valence-electron chi connectivity index (χ2n) is 2.02. The minimum Gasteiger partial charge on any atom is -0.207 e. The second kappa shape index (κ2) is 3.52. The molecular formula is C9H6FN. The lowest BCUT2D eigenvalue weighted by Gasteiger charge is -1.90. The molecular weight excluding hydrogens is 141 g/mol. The summed E-state index contributed by atoms with van der Waals surface area (Å²) >= 11 is 0. The first kappa shape index (κ1) is 7.49. The van der Waals surface area contributed by atoms with Crippen LogP contribution in [0.1, 0.15) is 5.56 Å². The molecule has 0 amide bonds. The normalized spacial score (nSPS) is 9.82. The van der Waals surface area contributed by atoms with Crippen LogP contribution in [0.2, 0.25) is 0 Å². The maximum absolute atomic E-state index is 12.5. The Balaban J connectivity index is 2.90. The quantitative estimate of drug-likeness (QED) is 0.559. The summed E-state index contributed by atoms with van der Waals surface area (Å²) in [6.45, 7) is 0. The Morgan fingerprint density at radius 1 is 1.45 bits per heavy atom. The Kier molecular flexibility index (Phi) is 2.40. The molecule has 0 N–H and O–H groups in total. The van der Waals surface area contributed by atoms with Gasteiger partial charge in [-0.1, -0.05) is 12.1 Å². The second-order valence-corrected chi connectivity index (χ2v) is 2.02. The van der Waals surface area contributed by atoms with Crippen LogP contribution < -0.4 is 0 Å². The molecule has 0 aromatic heterocycles. The van der Waals surface area contributed by atoms with Crippen LogP contribution in [0.15, 0.2) is 30.3 Å². The van der Waals surface area contributed by atoms with Crippen molar-refractivity contribution >= 4 is 6.08 Å². The van der Waals surface area contributed by atoms with E-state index in [0.29, 0.717) is 5.56 Å². The predicted octanol–water partition coefficient (Wildman–Crippen LogP) is 2.36. The lowest BCUT2D eigenvalue weighted by molar-refractivity contribution is 0.627. The van der Waals surface area contributed by atoms with Gasteiger partial charge in [0.05, 0.1) is 6.07 Å². The van der Waals surface area contributed by atoms with Gasteiger partial charge in [0, 0.05) is 6.08 Å². The fourth-order valence-corrected chi connectivity index (χ4v) is 0.744. The fourth-order valence-electron chi connectivity index (χ4n) is 0.744. The third kappa shape index (κ3) is 2.23. The van der Waals surface area contributed by atoms with Crippen LogP contribution in [0.4, 0.5) is 4.39 Å². The van der Waals surface area contributed by atoms with Crippen LogP contribution in [0.5, 0.6) is 0 Å². The van der Waals surface area contributed by atoms with E-state index in [9.17, 15) is 4.39 Å². The molecule has 0 fully saturated rings. The number of rotatable bonds is 1. The topological polar surface area (TPSA) is 23.8 Å². The molecule has 0 aliphatic heterocycles. The number of allylic oxidation sites excluding steroid dienone is 1. The molecule has 0 atom stereocenters. The molecule has 1 aromatic carbocycles. The van der Waals surface area contributed by atoms with Crippen LogP contribution in [0.25, 0.3) is 6.08 Å². The third-order valence-corrected chi connectivity index (χ3v) is 1.20. The Labute approximate surface area is 64.4 Å². The van der Waals surface area contributed by atoms with Gasteiger partial charge in [-0.15, -0.1) is 0 Å². The van der Waals surface area contributed by atoms with E-state index in [4.69, 9.17) is 5.26 Å². The zero-order valence-electron chi connectivity index (χ0n) is 5.79. The number of hydrogen-bond acceptors (Lipinski definition) is 1. The van der Waals surface area contributed by atoms with E-state index >= 15 is 0 Å². The van der Waals surface area contributed by atoms with Gasteiger partial charge < -0.3 is 0 Å². The van der Waals surface area contributed by atoms with E-state index in [1.807, 2.05) is 6.07 Å². The SMILES string of the molecule is N#CC=Cc1cccc(F)c1. The Bertz CT molecular complexity index is 310. The average Bonchev–Trinajstić information content (AvgIpc) is 2.01. The molecule has 0 aliphatic rings. The van der Waals surface area contributed by atoms with Crippen LogP contribution in [-0.2, 0) is 0 Å². The Morgan fingerprint density at radius 3 is 2.91 bits per heavy atom. The highest BCUT2D eigenvalue weighted by Crippen LogP contribution is 2.04. The van der Waals surface area contributed by atoms with Crippen molar-refractivity contribution in [2.45, 2.75) is 0 Å². The molecule has 0 saturated heterocycles. The van der Waals surface area contributed by atoms with E-state index in [1.165, 1.54) is 18.2 Å². The zero-order valence-corrected chi connectivity index (χ0v) is 5.79. The molecule has 0 saturated carbocycles. The van der Waals surface area contributed by atoms with Crippen LogP contribution >= 0.6 is 0 Å². The highest BCUT2D eigenvalue weighted by atomic mass is 19.1. The highest BCUT2D eigenvalue weighted by molar-refractivity contribution is 5.51. The molecule has 11 heavy (non-hydrogen) atoms. The van der Waals surface area contributed by atoms with Gasteiger partial charge >= 0.3 is 0 Å². The van der Waals surface area contributed by atoms with Crippen LogP contribution in [0, 0.1) is 17.1 Å². The first-order chi connectivity index (χ1) is 5.33. The van der Waals surface area contributed by atoms with Crippen molar-refractivity contribution in [3.63, 3.8) is 0 Å². The number of nitriles is 1. The van der Waals surface area contributed by atoms with Crippen molar-refractivity contribution in [1.29, 1.82) is 5.26 Å². The van der Waals surface area contributed by atoms with Gasteiger partial charge in [0.2, 0.25) is 0 Å². The summed E-state index contributed by atoms with van der Waals surface area (Å²) in [5.41, 5.74) is 0.701. The summed E-state index contributed by atoms with van der Waals surface area (Å²) in [4.78, 5) is 0. The first-order valence-electron chi connectivity index (χ1n) is 3.14.